The number of nitrogens with zero attached hydrogens (tertiary/aromatic N) is 3. The van der Waals surface area contributed by atoms with Gasteiger partial charge in [-0.3, -0.25) is 9.59 Å². The molecule has 2 fully saturated rings. The second-order valence-corrected chi connectivity index (χ2v) is 8.75. The zero-order valence-corrected chi connectivity index (χ0v) is 15.0. The van der Waals surface area contributed by atoms with Crippen LogP contribution in [-0.2, 0) is 19.6 Å². The topological polar surface area (TPSA) is 78.0 Å². The highest BCUT2D eigenvalue weighted by Crippen LogP contribution is 2.21. The van der Waals surface area contributed by atoms with Crippen molar-refractivity contribution in [2.75, 3.05) is 45.5 Å². The summed E-state index contributed by atoms with van der Waals surface area (Å²) in [6, 6.07) is 0. The van der Waals surface area contributed by atoms with E-state index in [0.29, 0.717) is 32.7 Å². The van der Waals surface area contributed by atoms with Crippen LogP contribution in [0.2, 0.25) is 0 Å². The molecule has 1 atom stereocenters. The molecule has 2 aliphatic heterocycles. The number of carbonyl (C=O) groups excluding carboxylic acids is 2. The highest BCUT2D eigenvalue weighted by Gasteiger charge is 2.34. The maximum atomic E-state index is 12.6. The molecule has 1 unspecified atom stereocenters. The molecule has 2 aliphatic rings. The lowest BCUT2D eigenvalue weighted by Gasteiger charge is -2.39. The van der Waals surface area contributed by atoms with Gasteiger partial charge in [0.25, 0.3) is 0 Å². The van der Waals surface area contributed by atoms with Crippen LogP contribution in [0.25, 0.3) is 0 Å². The van der Waals surface area contributed by atoms with E-state index in [0.717, 1.165) is 12.8 Å². The fraction of sp³-hybridized carbons (Fsp3) is 0.867. The van der Waals surface area contributed by atoms with E-state index in [9.17, 15) is 18.0 Å². The van der Waals surface area contributed by atoms with E-state index >= 15 is 0 Å². The fourth-order valence-corrected chi connectivity index (χ4v) is 4.13. The molecule has 23 heavy (non-hydrogen) atoms. The first kappa shape index (κ1) is 18.2. The van der Waals surface area contributed by atoms with E-state index in [1.165, 1.54) is 10.6 Å². The van der Waals surface area contributed by atoms with E-state index in [4.69, 9.17) is 0 Å². The van der Waals surface area contributed by atoms with Crippen molar-refractivity contribution >= 4 is 21.8 Å². The molecule has 8 heteroatoms. The molecule has 132 valence electrons. The maximum Gasteiger partial charge on any atom is 0.227 e. The molecule has 2 amide bonds. The van der Waals surface area contributed by atoms with Gasteiger partial charge in [-0.2, -0.15) is 0 Å². The first-order chi connectivity index (χ1) is 10.7. The molecular weight excluding hydrogens is 318 g/mol. The van der Waals surface area contributed by atoms with Crippen LogP contribution in [0, 0.1) is 11.8 Å². The zero-order chi connectivity index (χ0) is 17.2. The standard InChI is InChI=1S/C15H27N3O4S/c1-12(2)14(19)16-7-9-17(10-8-16)15(20)13-5-4-6-18(11-13)23(3,21)22/h12-13H,4-11H2,1-3H3. The van der Waals surface area contributed by atoms with Gasteiger partial charge in [0.05, 0.1) is 12.2 Å². The summed E-state index contributed by atoms with van der Waals surface area (Å²) in [6.45, 7) is 6.72. The van der Waals surface area contributed by atoms with Gasteiger partial charge in [-0.05, 0) is 12.8 Å². The molecule has 0 saturated carbocycles. The Balaban J connectivity index is 1.91. The summed E-state index contributed by atoms with van der Waals surface area (Å²) < 4.78 is 24.7. The highest BCUT2D eigenvalue weighted by atomic mass is 32.2. The van der Waals surface area contributed by atoms with Gasteiger partial charge in [0, 0.05) is 45.2 Å². The van der Waals surface area contributed by atoms with Gasteiger partial charge in [0.1, 0.15) is 0 Å². The number of piperidine rings is 1. The van der Waals surface area contributed by atoms with Crippen molar-refractivity contribution in [1.82, 2.24) is 14.1 Å². The van der Waals surface area contributed by atoms with Crippen LogP contribution in [0.1, 0.15) is 26.7 Å². The molecule has 0 aliphatic carbocycles. The Morgan fingerprint density at radius 2 is 1.57 bits per heavy atom. The Bertz CT molecular complexity index is 553. The Hall–Kier alpha value is -1.15. The molecule has 0 aromatic rings. The third-order valence-electron chi connectivity index (χ3n) is 4.60. The maximum absolute atomic E-state index is 12.6. The van der Waals surface area contributed by atoms with Crippen LogP contribution in [0.3, 0.4) is 0 Å². The molecule has 0 N–H and O–H groups in total. The minimum Gasteiger partial charge on any atom is -0.339 e. The molecule has 0 aromatic heterocycles. The lowest BCUT2D eigenvalue weighted by atomic mass is 9.97. The van der Waals surface area contributed by atoms with Gasteiger partial charge in [-0.15, -0.1) is 0 Å². The van der Waals surface area contributed by atoms with Gasteiger partial charge < -0.3 is 9.80 Å². The number of amides is 2. The van der Waals surface area contributed by atoms with Crippen molar-refractivity contribution in [3.63, 3.8) is 0 Å². The average molecular weight is 345 g/mol. The number of rotatable bonds is 3. The van der Waals surface area contributed by atoms with E-state index in [-0.39, 0.29) is 30.2 Å². The predicted octanol–water partition coefficient (Wildman–Crippen LogP) is -0.0152. The SMILES string of the molecule is CC(C)C(=O)N1CCN(C(=O)C2CCCN(S(C)(=O)=O)C2)CC1. The van der Waals surface area contributed by atoms with E-state index < -0.39 is 10.0 Å². The quantitative estimate of drug-likeness (QED) is 0.720. The van der Waals surface area contributed by atoms with Gasteiger partial charge in [0.15, 0.2) is 0 Å². The molecule has 2 heterocycles. The van der Waals surface area contributed by atoms with Crippen LogP contribution in [0.4, 0.5) is 0 Å². The minimum absolute atomic E-state index is 0.0231. The molecule has 0 radical (unpaired) electrons. The van der Waals surface area contributed by atoms with Crippen LogP contribution < -0.4 is 0 Å². The van der Waals surface area contributed by atoms with Crippen molar-refractivity contribution in [2.24, 2.45) is 11.8 Å². The van der Waals surface area contributed by atoms with Crippen molar-refractivity contribution in [3.05, 3.63) is 0 Å². The molecule has 0 aromatic carbocycles. The van der Waals surface area contributed by atoms with Gasteiger partial charge in [-0.25, -0.2) is 12.7 Å². The van der Waals surface area contributed by atoms with Crippen molar-refractivity contribution < 1.29 is 18.0 Å². The molecule has 0 bridgehead atoms. The molecule has 0 spiro atoms. The normalized spacial score (nSPS) is 24.1. The number of carbonyl (C=O) groups is 2. The summed E-state index contributed by atoms with van der Waals surface area (Å²) in [7, 11) is -3.24. The van der Waals surface area contributed by atoms with Gasteiger partial charge in [0.2, 0.25) is 21.8 Å². The summed E-state index contributed by atoms with van der Waals surface area (Å²) in [6.07, 6.45) is 2.64. The molecule has 7 nitrogen and oxygen atoms in total. The molecule has 2 rings (SSSR count). The monoisotopic (exact) mass is 345 g/mol. The van der Waals surface area contributed by atoms with Crippen molar-refractivity contribution in [3.8, 4) is 0 Å². The Morgan fingerprint density at radius 1 is 1.00 bits per heavy atom. The third kappa shape index (κ3) is 4.44. The number of hydrogen-bond donors (Lipinski definition) is 0. The Kier molecular flexibility index (Phi) is 5.67. The molecular formula is C15H27N3O4S. The Morgan fingerprint density at radius 3 is 2.09 bits per heavy atom. The summed E-state index contributed by atoms with van der Waals surface area (Å²) >= 11 is 0. The lowest BCUT2D eigenvalue weighted by molar-refractivity contribution is -0.144. The first-order valence-corrected chi connectivity index (χ1v) is 10.1. The summed E-state index contributed by atoms with van der Waals surface area (Å²) in [5, 5.41) is 0. The Labute approximate surface area is 138 Å². The van der Waals surface area contributed by atoms with Crippen molar-refractivity contribution in [1.29, 1.82) is 0 Å². The third-order valence-corrected chi connectivity index (χ3v) is 5.87. The second-order valence-electron chi connectivity index (χ2n) is 6.77. The van der Waals surface area contributed by atoms with Gasteiger partial charge in [-0.1, -0.05) is 13.8 Å². The summed E-state index contributed by atoms with van der Waals surface area (Å²) in [5.41, 5.74) is 0. The van der Waals surface area contributed by atoms with E-state index in [1.807, 2.05) is 13.8 Å². The number of sulfonamides is 1. The minimum atomic E-state index is -3.24. The summed E-state index contributed by atoms with van der Waals surface area (Å²) in [5.74, 6) is -0.141. The highest BCUT2D eigenvalue weighted by molar-refractivity contribution is 7.88. The lowest BCUT2D eigenvalue weighted by Crippen LogP contribution is -2.54. The first-order valence-electron chi connectivity index (χ1n) is 8.23. The zero-order valence-electron chi connectivity index (χ0n) is 14.2. The smallest absolute Gasteiger partial charge is 0.227 e. The fourth-order valence-electron chi connectivity index (χ4n) is 3.22. The van der Waals surface area contributed by atoms with E-state index in [2.05, 4.69) is 0 Å². The largest absolute Gasteiger partial charge is 0.339 e. The predicted molar refractivity (Wildman–Crippen MR) is 87.1 cm³/mol. The van der Waals surface area contributed by atoms with Crippen molar-refractivity contribution in [2.45, 2.75) is 26.7 Å². The van der Waals surface area contributed by atoms with E-state index in [1.54, 1.807) is 9.80 Å². The van der Waals surface area contributed by atoms with Crippen LogP contribution >= 0.6 is 0 Å². The average Bonchev–Trinajstić information content (AvgIpc) is 2.53. The number of hydrogen-bond acceptors (Lipinski definition) is 4. The van der Waals surface area contributed by atoms with Crippen LogP contribution in [0.5, 0.6) is 0 Å². The van der Waals surface area contributed by atoms with Gasteiger partial charge >= 0.3 is 0 Å². The van der Waals surface area contributed by atoms with Crippen LogP contribution in [-0.4, -0.2) is 79.9 Å². The second kappa shape index (κ2) is 7.17. The van der Waals surface area contributed by atoms with Crippen LogP contribution in [0.15, 0.2) is 0 Å². The summed E-state index contributed by atoms with van der Waals surface area (Å²) in [4.78, 5) is 28.2. The molecule has 2 saturated heterocycles. The number of piperazine rings is 1.